The van der Waals surface area contributed by atoms with Gasteiger partial charge in [0.2, 0.25) is 5.91 Å². The van der Waals surface area contributed by atoms with Crippen molar-refractivity contribution < 1.29 is 33.3 Å². The monoisotopic (exact) mass is 839 g/mol. The zero-order chi connectivity index (χ0) is 37.8. The van der Waals surface area contributed by atoms with Crippen molar-refractivity contribution in [1.29, 1.82) is 0 Å². The number of benzene rings is 4. The average molecular weight is 842 g/mol. The Hall–Kier alpha value is -4.71. The third-order valence-electron chi connectivity index (χ3n) is 9.65. The highest BCUT2D eigenvalue weighted by Gasteiger charge is 2.31. The molecule has 0 spiro atoms. The zero-order valence-corrected chi connectivity index (χ0v) is 34.0. The number of methoxy groups -OCH3 is 1. The highest BCUT2D eigenvalue weighted by Crippen LogP contribution is 2.40. The summed E-state index contributed by atoms with van der Waals surface area (Å²) in [7, 11) is 1.31. The van der Waals surface area contributed by atoms with Crippen LogP contribution in [0.4, 0.5) is 0 Å². The molecule has 0 saturated carbocycles. The lowest BCUT2D eigenvalue weighted by Gasteiger charge is -2.31. The minimum absolute atomic E-state index is 0. The molecular weight excluding hydrogens is 800 g/mol. The molecule has 56 heavy (non-hydrogen) atoms. The molecule has 0 aliphatic carbocycles. The Morgan fingerprint density at radius 3 is 2.34 bits per heavy atom. The smallest absolute Gasteiger partial charge is 0.328 e. The number of rotatable bonds is 11. The molecule has 294 valence electrons. The molecule has 3 heterocycles. The van der Waals surface area contributed by atoms with Gasteiger partial charge < -0.3 is 34.3 Å². The van der Waals surface area contributed by atoms with Crippen LogP contribution in [0.1, 0.15) is 45.2 Å². The predicted octanol–water partition coefficient (Wildman–Crippen LogP) is 8.65. The van der Waals surface area contributed by atoms with Gasteiger partial charge in [-0.05, 0) is 103 Å². The van der Waals surface area contributed by atoms with Gasteiger partial charge in [-0.2, -0.15) is 0 Å². The van der Waals surface area contributed by atoms with Gasteiger partial charge in [0.15, 0.2) is 17.6 Å². The van der Waals surface area contributed by atoms with Gasteiger partial charge in [0.05, 0.1) is 23.2 Å². The van der Waals surface area contributed by atoms with Crippen LogP contribution in [-0.4, -0.2) is 42.7 Å². The van der Waals surface area contributed by atoms with Gasteiger partial charge in [-0.15, -0.1) is 24.8 Å². The summed E-state index contributed by atoms with van der Waals surface area (Å²) in [6.45, 7) is 5.03. The van der Waals surface area contributed by atoms with Crippen LogP contribution < -0.4 is 29.6 Å². The van der Waals surface area contributed by atoms with Crippen molar-refractivity contribution in [3.63, 3.8) is 0 Å². The van der Waals surface area contributed by atoms with E-state index in [1.807, 2.05) is 86.6 Å². The molecule has 2 N–H and O–H groups in total. The first-order chi connectivity index (χ1) is 26.1. The lowest BCUT2D eigenvalue weighted by atomic mass is 9.94. The fourth-order valence-electron chi connectivity index (χ4n) is 6.40. The van der Waals surface area contributed by atoms with Gasteiger partial charge >= 0.3 is 5.97 Å². The molecule has 0 saturated heterocycles. The fraction of sp³-hybridized carbons (Fsp3) is 0.262. The van der Waals surface area contributed by atoms with Crippen LogP contribution in [0.5, 0.6) is 28.7 Å². The molecule has 2 aliphatic heterocycles. The number of ether oxygens (including phenoxy) is 5. The molecule has 0 radical (unpaired) electrons. The van der Waals surface area contributed by atoms with Crippen molar-refractivity contribution in [3.05, 3.63) is 140 Å². The number of esters is 1. The Kier molecular flexibility index (Phi) is 14.4. The third-order valence-corrected chi connectivity index (χ3v) is 10.4. The summed E-state index contributed by atoms with van der Waals surface area (Å²) in [5.41, 5.74) is 6.56. The number of carbonyl (C=O) groups is 2. The second-order valence-electron chi connectivity index (χ2n) is 13.3. The normalized spacial score (nSPS) is 15.9. The lowest BCUT2D eigenvalue weighted by molar-refractivity contribution is -0.145. The van der Waals surface area contributed by atoms with Crippen LogP contribution in [0.3, 0.4) is 0 Å². The molecule has 1 aromatic heterocycles. The summed E-state index contributed by atoms with van der Waals surface area (Å²) in [5, 5.41) is 7.22. The standard InChI is InChI=1S/C42H39Cl2N3O7.2ClH/c1-24-25(2)45-15-14-37(24)53-32-9-4-26(5-10-32)17-36(42(49)50-3)47-41(48)35-18-29-19-38-39(20-30(29)21-46-35)54-40(23-52-38)28-7-11-31(12-8-28)51-22-27-6-13-33(43)34(44)16-27;;/h4-16,19-20,35-36,40,46H,17-18,21-23H2,1-3H3,(H,47,48);2*1H/t35-,36-,40+;;/m0../s1. The van der Waals surface area contributed by atoms with E-state index in [-0.39, 0.29) is 43.2 Å². The molecule has 0 fully saturated rings. The molecule has 14 heteroatoms. The Balaban J connectivity index is 0.00000300. The summed E-state index contributed by atoms with van der Waals surface area (Å²) in [5.74, 6) is 2.55. The van der Waals surface area contributed by atoms with E-state index >= 15 is 0 Å². The molecular formula is C42H41Cl4N3O7. The van der Waals surface area contributed by atoms with Gasteiger partial charge in [-0.3, -0.25) is 9.78 Å². The number of amides is 1. The van der Waals surface area contributed by atoms with E-state index in [2.05, 4.69) is 15.6 Å². The van der Waals surface area contributed by atoms with E-state index in [1.54, 1.807) is 18.3 Å². The molecule has 0 unspecified atom stereocenters. The van der Waals surface area contributed by atoms with E-state index in [0.717, 1.165) is 44.8 Å². The third kappa shape index (κ3) is 9.99. The van der Waals surface area contributed by atoms with Gasteiger partial charge in [0, 0.05) is 30.4 Å². The van der Waals surface area contributed by atoms with Crippen molar-refractivity contribution in [2.24, 2.45) is 0 Å². The van der Waals surface area contributed by atoms with Crippen LogP contribution in [0, 0.1) is 13.8 Å². The van der Waals surface area contributed by atoms with Crippen molar-refractivity contribution in [2.75, 3.05) is 13.7 Å². The minimum Gasteiger partial charge on any atom is -0.489 e. The Bertz CT molecular complexity index is 2170. The second-order valence-corrected chi connectivity index (χ2v) is 14.1. The largest absolute Gasteiger partial charge is 0.489 e. The number of aromatic nitrogens is 1. The topological polar surface area (TPSA) is 117 Å². The Morgan fingerprint density at radius 2 is 1.61 bits per heavy atom. The molecule has 5 aromatic rings. The number of hydrogen-bond donors (Lipinski definition) is 2. The maximum absolute atomic E-state index is 13.5. The average Bonchev–Trinajstić information content (AvgIpc) is 3.19. The Labute approximate surface area is 348 Å². The van der Waals surface area contributed by atoms with Crippen molar-refractivity contribution >= 4 is 59.9 Å². The molecule has 3 atom stereocenters. The van der Waals surface area contributed by atoms with Crippen molar-refractivity contribution in [1.82, 2.24) is 15.6 Å². The first kappa shape index (κ1) is 42.4. The van der Waals surface area contributed by atoms with Crippen molar-refractivity contribution in [2.45, 2.75) is 58.0 Å². The predicted molar refractivity (Wildman–Crippen MR) is 219 cm³/mol. The van der Waals surface area contributed by atoms with Crippen LogP contribution >= 0.6 is 48.0 Å². The van der Waals surface area contributed by atoms with E-state index in [1.165, 1.54) is 7.11 Å². The highest BCUT2D eigenvalue weighted by atomic mass is 35.5. The maximum atomic E-state index is 13.5. The van der Waals surface area contributed by atoms with E-state index in [0.29, 0.717) is 59.2 Å². The van der Waals surface area contributed by atoms with Crippen LogP contribution in [-0.2, 0) is 40.3 Å². The lowest BCUT2D eigenvalue weighted by Crippen LogP contribution is -2.53. The summed E-state index contributed by atoms with van der Waals surface area (Å²) in [6, 6.07) is 24.9. The molecule has 10 nitrogen and oxygen atoms in total. The summed E-state index contributed by atoms with van der Waals surface area (Å²) in [4.78, 5) is 30.6. The van der Waals surface area contributed by atoms with Crippen LogP contribution in [0.2, 0.25) is 10.0 Å². The van der Waals surface area contributed by atoms with Gasteiger partial charge in [-0.1, -0.05) is 53.5 Å². The van der Waals surface area contributed by atoms with Crippen LogP contribution in [0.15, 0.2) is 91.1 Å². The Morgan fingerprint density at radius 1 is 0.893 bits per heavy atom. The SMILES string of the molecule is COC(=O)[C@H](Cc1ccc(Oc2ccnc(C)c2C)cc1)NC(=O)[C@@H]1Cc2cc3c(cc2CN1)O[C@@H](c1ccc(OCc2ccc(Cl)c(Cl)c2)cc1)CO3.Cl.Cl. The van der Waals surface area contributed by atoms with Gasteiger partial charge in [0.1, 0.15) is 36.5 Å². The molecule has 1 amide bonds. The molecule has 4 aromatic carbocycles. The van der Waals surface area contributed by atoms with Gasteiger partial charge in [-0.25, -0.2) is 4.79 Å². The quantitative estimate of drug-likeness (QED) is 0.126. The number of nitrogens with one attached hydrogen (secondary N) is 2. The number of aryl methyl sites for hydroxylation is 1. The number of pyridine rings is 1. The number of halogens is 4. The summed E-state index contributed by atoms with van der Waals surface area (Å²) >= 11 is 12.1. The van der Waals surface area contributed by atoms with E-state index < -0.39 is 18.1 Å². The van der Waals surface area contributed by atoms with E-state index in [9.17, 15) is 9.59 Å². The number of carbonyl (C=O) groups excluding carboxylic acids is 2. The minimum atomic E-state index is -0.872. The highest BCUT2D eigenvalue weighted by molar-refractivity contribution is 6.42. The van der Waals surface area contributed by atoms with Crippen molar-refractivity contribution in [3.8, 4) is 28.7 Å². The van der Waals surface area contributed by atoms with E-state index in [4.69, 9.17) is 46.9 Å². The second kappa shape index (κ2) is 19.0. The van der Waals surface area contributed by atoms with Gasteiger partial charge in [0.25, 0.3) is 0 Å². The maximum Gasteiger partial charge on any atom is 0.328 e. The fourth-order valence-corrected chi connectivity index (χ4v) is 6.72. The molecule has 7 rings (SSSR count). The zero-order valence-electron chi connectivity index (χ0n) is 30.8. The number of hydrogen-bond acceptors (Lipinski definition) is 9. The number of fused-ring (bicyclic) bond motifs is 2. The first-order valence-corrected chi connectivity index (χ1v) is 18.3. The summed E-state index contributed by atoms with van der Waals surface area (Å²) < 4.78 is 29.6. The molecule has 0 bridgehead atoms. The molecule has 2 aliphatic rings. The summed E-state index contributed by atoms with van der Waals surface area (Å²) in [6.07, 6.45) is 2.08. The number of nitrogens with zero attached hydrogens (tertiary/aromatic N) is 1. The first-order valence-electron chi connectivity index (χ1n) is 17.6. The van der Waals surface area contributed by atoms with Crippen LogP contribution in [0.25, 0.3) is 0 Å².